The summed E-state index contributed by atoms with van der Waals surface area (Å²) in [4.78, 5) is 10.3. The summed E-state index contributed by atoms with van der Waals surface area (Å²) in [5.74, 6) is 0. The van der Waals surface area contributed by atoms with Crippen LogP contribution in [-0.2, 0) is 10.0 Å². The zero-order valence-electron chi connectivity index (χ0n) is 10.5. The van der Waals surface area contributed by atoms with E-state index in [0.29, 0.717) is 6.67 Å². The molecule has 0 unspecified atom stereocenters. The maximum Gasteiger partial charge on any atom is 0.238 e. The van der Waals surface area contributed by atoms with Gasteiger partial charge < -0.3 is 4.90 Å². The molecule has 0 atom stereocenters. The van der Waals surface area contributed by atoms with Crippen LogP contribution < -0.4 is 10.0 Å². The Labute approximate surface area is 116 Å². The Morgan fingerprint density at radius 2 is 1.90 bits per heavy atom. The Balaban J connectivity index is 2.09. The number of aromatic nitrogens is 1. The maximum atomic E-state index is 11.4. The average molecular weight is 288 g/mol. The smallest absolute Gasteiger partial charge is 0.238 e. The predicted molar refractivity (Wildman–Crippen MR) is 76.7 cm³/mol. The minimum absolute atomic E-state index is 0.0827. The Morgan fingerprint density at radius 1 is 1.15 bits per heavy atom. The monoisotopic (exact) mass is 288 g/mol. The summed E-state index contributed by atoms with van der Waals surface area (Å²) < 4.78 is 22.8. The summed E-state index contributed by atoms with van der Waals surface area (Å²) in [7, 11) is -3.71. The molecule has 20 heavy (non-hydrogen) atoms. The molecule has 1 aliphatic heterocycles. The fourth-order valence-corrected chi connectivity index (χ4v) is 2.65. The zero-order valence-corrected chi connectivity index (χ0v) is 11.3. The van der Waals surface area contributed by atoms with Crippen molar-refractivity contribution in [2.75, 3.05) is 11.6 Å². The van der Waals surface area contributed by atoms with Crippen LogP contribution >= 0.6 is 0 Å². The van der Waals surface area contributed by atoms with Gasteiger partial charge in [-0.2, -0.15) is 0 Å². The lowest BCUT2D eigenvalue weighted by Crippen LogP contribution is -2.22. The van der Waals surface area contributed by atoms with E-state index in [1.54, 1.807) is 24.7 Å². The minimum atomic E-state index is -3.71. The normalized spacial score (nSPS) is 14.2. The van der Waals surface area contributed by atoms with E-state index >= 15 is 0 Å². The van der Waals surface area contributed by atoms with E-state index in [9.17, 15) is 8.42 Å². The molecule has 0 saturated heterocycles. The highest BCUT2D eigenvalue weighted by Crippen LogP contribution is 2.31. The number of benzene rings is 1. The molecule has 2 N–H and O–H groups in total. The van der Waals surface area contributed by atoms with Crippen molar-refractivity contribution in [3.8, 4) is 0 Å². The lowest BCUT2D eigenvalue weighted by Gasteiger charge is -2.27. The maximum absolute atomic E-state index is 11.4. The molecule has 2 heterocycles. The average Bonchev–Trinajstić information content (AvgIpc) is 2.46. The van der Waals surface area contributed by atoms with Gasteiger partial charge in [-0.15, -0.1) is 0 Å². The molecule has 0 spiro atoms. The van der Waals surface area contributed by atoms with E-state index < -0.39 is 10.0 Å². The number of nitrogens with zero attached hydrogens (tertiary/aromatic N) is 3. The van der Waals surface area contributed by atoms with E-state index in [0.717, 1.165) is 16.9 Å². The summed E-state index contributed by atoms with van der Waals surface area (Å²) >= 11 is 0. The summed E-state index contributed by atoms with van der Waals surface area (Å²) in [6.45, 7) is 0.478. The second kappa shape index (κ2) is 4.69. The van der Waals surface area contributed by atoms with Gasteiger partial charge in [0.15, 0.2) is 0 Å². The molecular formula is C13H12N4O2S. The van der Waals surface area contributed by atoms with Crippen LogP contribution in [0.5, 0.6) is 0 Å². The van der Waals surface area contributed by atoms with Crippen LogP contribution in [-0.4, -0.2) is 26.3 Å². The first-order valence-electron chi connectivity index (χ1n) is 5.90. The van der Waals surface area contributed by atoms with Crippen molar-refractivity contribution in [3.05, 3.63) is 48.3 Å². The second-order valence-corrected chi connectivity index (χ2v) is 5.91. The molecule has 7 heteroatoms. The number of rotatable bonds is 2. The summed E-state index contributed by atoms with van der Waals surface area (Å²) in [6, 6.07) is 8.51. The fraction of sp³-hybridized carbons (Fsp3) is 0.0769. The van der Waals surface area contributed by atoms with Crippen LogP contribution in [0.15, 0.2) is 52.6 Å². The van der Waals surface area contributed by atoms with Crippen molar-refractivity contribution in [3.63, 3.8) is 0 Å². The molecule has 2 aromatic rings. The first-order valence-corrected chi connectivity index (χ1v) is 7.44. The van der Waals surface area contributed by atoms with E-state index in [1.165, 1.54) is 12.1 Å². The third-order valence-corrected chi connectivity index (χ3v) is 3.96. The van der Waals surface area contributed by atoms with Crippen molar-refractivity contribution in [2.45, 2.75) is 4.90 Å². The van der Waals surface area contributed by atoms with Gasteiger partial charge in [-0.25, -0.2) is 13.6 Å². The topological polar surface area (TPSA) is 88.7 Å². The van der Waals surface area contributed by atoms with E-state index in [1.807, 2.05) is 17.0 Å². The number of anilines is 2. The molecule has 0 aliphatic carbocycles. The van der Waals surface area contributed by atoms with Gasteiger partial charge in [0.2, 0.25) is 10.0 Å². The van der Waals surface area contributed by atoms with Crippen LogP contribution in [0.1, 0.15) is 5.56 Å². The lowest BCUT2D eigenvalue weighted by molar-refractivity contribution is 0.598. The molecule has 0 saturated carbocycles. The van der Waals surface area contributed by atoms with Gasteiger partial charge in [-0.05, 0) is 30.3 Å². The van der Waals surface area contributed by atoms with Gasteiger partial charge in [0.05, 0.1) is 10.6 Å². The SMILES string of the molecule is NS(=O)(=O)c1ccc2c(c1)C=NCN2c1ccncc1. The molecule has 0 radical (unpaired) electrons. The van der Waals surface area contributed by atoms with Gasteiger partial charge in [0, 0.05) is 29.9 Å². The fourth-order valence-electron chi connectivity index (χ4n) is 2.10. The van der Waals surface area contributed by atoms with Crippen LogP contribution in [0.4, 0.5) is 11.4 Å². The van der Waals surface area contributed by atoms with Gasteiger partial charge in [-0.3, -0.25) is 9.98 Å². The minimum Gasteiger partial charge on any atom is -0.321 e. The van der Waals surface area contributed by atoms with Crippen molar-refractivity contribution >= 4 is 27.6 Å². The van der Waals surface area contributed by atoms with Gasteiger partial charge in [0.1, 0.15) is 6.67 Å². The number of aliphatic imine (C=N–C) groups is 1. The number of nitrogens with two attached hydrogens (primary N) is 1. The number of hydrogen-bond acceptors (Lipinski definition) is 5. The molecule has 3 rings (SSSR count). The van der Waals surface area contributed by atoms with E-state index in [-0.39, 0.29) is 4.90 Å². The Bertz CT molecular complexity index is 772. The van der Waals surface area contributed by atoms with Crippen molar-refractivity contribution < 1.29 is 8.42 Å². The Hall–Kier alpha value is -2.25. The number of hydrogen-bond donors (Lipinski definition) is 1. The number of pyridine rings is 1. The van der Waals surface area contributed by atoms with Crippen LogP contribution in [0.25, 0.3) is 0 Å². The number of sulfonamides is 1. The molecule has 0 amide bonds. The highest BCUT2D eigenvalue weighted by Gasteiger charge is 2.18. The molecule has 6 nitrogen and oxygen atoms in total. The first-order chi connectivity index (χ1) is 9.55. The molecule has 1 aromatic carbocycles. The Morgan fingerprint density at radius 3 is 2.60 bits per heavy atom. The summed E-state index contributed by atoms with van der Waals surface area (Å²) in [5, 5.41) is 5.14. The van der Waals surface area contributed by atoms with Crippen molar-refractivity contribution in [1.29, 1.82) is 0 Å². The van der Waals surface area contributed by atoms with Crippen molar-refractivity contribution in [2.24, 2.45) is 10.1 Å². The van der Waals surface area contributed by atoms with Gasteiger partial charge in [-0.1, -0.05) is 0 Å². The van der Waals surface area contributed by atoms with Crippen LogP contribution in [0.2, 0.25) is 0 Å². The highest BCUT2D eigenvalue weighted by atomic mass is 32.2. The van der Waals surface area contributed by atoms with Crippen LogP contribution in [0, 0.1) is 0 Å². The highest BCUT2D eigenvalue weighted by molar-refractivity contribution is 7.89. The van der Waals surface area contributed by atoms with E-state index in [2.05, 4.69) is 9.98 Å². The molecule has 0 fully saturated rings. The lowest BCUT2D eigenvalue weighted by atomic mass is 10.1. The Kier molecular flexibility index (Phi) is 3.00. The second-order valence-electron chi connectivity index (χ2n) is 4.35. The van der Waals surface area contributed by atoms with Gasteiger partial charge in [0.25, 0.3) is 0 Å². The third-order valence-electron chi connectivity index (χ3n) is 3.05. The number of fused-ring (bicyclic) bond motifs is 1. The summed E-state index contributed by atoms with van der Waals surface area (Å²) in [6.07, 6.45) is 5.06. The molecule has 102 valence electrons. The standard InChI is InChI=1S/C13H12N4O2S/c14-20(18,19)12-1-2-13-10(7-12)8-16-9-17(13)11-3-5-15-6-4-11/h1-8H,9H2,(H2,14,18,19). The quantitative estimate of drug-likeness (QED) is 0.901. The number of primary sulfonamides is 1. The largest absolute Gasteiger partial charge is 0.321 e. The van der Waals surface area contributed by atoms with Gasteiger partial charge >= 0.3 is 0 Å². The summed E-state index contributed by atoms with van der Waals surface area (Å²) in [5.41, 5.74) is 2.56. The first kappa shape index (κ1) is 12.8. The van der Waals surface area contributed by atoms with Crippen LogP contribution in [0.3, 0.4) is 0 Å². The van der Waals surface area contributed by atoms with Crippen molar-refractivity contribution in [1.82, 2.24) is 4.98 Å². The third kappa shape index (κ3) is 2.28. The molecule has 0 bridgehead atoms. The predicted octanol–water partition coefficient (Wildman–Crippen LogP) is 1.26. The van der Waals surface area contributed by atoms with E-state index in [4.69, 9.17) is 5.14 Å². The molecule has 1 aromatic heterocycles. The molecular weight excluding hydrogens is 276 g/mol. The molecule has 1 aliphatic rings. The zero-order chi connectivity index (χ0) is 14.2.